The molecule has 1 saturated heterocycles. The van der Waals surface area contributed by atoms with Crippen LogP contribution in [0.15, 0.2) is 24.7 Å². The maximum Gasteiger partial charge on any atom is 0.356 e. The fourth-order valence-electron chi connectivity index (χ4n) is 4.40. The molecule has 1 amide bonds. The zero-order valence-corrected chi connectivity index (χ0v) is 19.2. The van der Waals surface area contributed by atoms with Crippen molar-refractivity contribution < 1.29 is 24.0 Å². The molecule has 2 fully saturated rings. The van der Waals surface area contributed by atoms with Crippen LogP contribution in [0.1, 0.15) is 51.4 Å². The van der Waals surface area contributed by atoms with Gasteiger partial charge in [-0.05, 0) is 51.6 Å². The summed E-state index contributed by atoms with van der Waals surface area (Å²) in [6.07, 6.45) is 13.7. The number of hydrogen-bond acceptors (Lipinski definition) is 9. The number of hydrogen-bond donors (Lipinski definition) is 0. The predicted octanol–water partition coefficient (Wildman–Crippen LogP) is 2.17. The fraction of sp³-hybridized carbons (Fsp3) is 0.565. The van der Waals surface area contributed by atoms with Gasteiger partial charge in [0.05, 0.1) is 18.1 Å². The summed E-state index contributed by atoms with van der Waals surface area (Å²) in [4.78, 5) is 51.6. The van der Waals surface area contributed by atoms with E-state index in [0.717, 1.165) is 57.5 Å². The van der Waals surface area contributed by atoms with Crippen LogP contribution in [0.3, 0.4) is 0 Å². The SMILES string of the molecule is O=CN(OC(=O)/C=C\C(=O)OC1CCCC1)c1ncnc2c1cnn2CCN1CCCCCC1. The molecule has 1 aliphatic carbocycles. The van der Waals surface area contributed by atoms with Crippen LogP contribution in [0.2, 0.25) is 0 Å². The molecule has 0 bridgehead atoms. The lowest BCUT2D eigenvalue weighted by molar-refractivity contribution is -0.144. The van der Waals surface area contributed by atoms with E-state index in [1.807, 2.05) is 0 Å². The van der Waals surface area contributed by atoms with Crippen molar-refractivity contribution in [3.8, 4) is 0 Å². The van der Waals surface area contributed by atoms with Crippen molar-refractivity contribution in [1.82, 2.24) is 24.6 Å². The average Bonchev–Trinajstić information content (AvgIpc) is 3.43. The second kappa shape index (κ2) is 11.7. The molecule has 1 saturated carbocycles. The Bertz CT molecular complexity index is 1020. The maximum atomic E-state index is 12.2. The highest BCUT2D eigenvalue weighted by Crippen LogP contribution is 2.23. The summed E-state index contributed by atoms with van der Waals surface area (Å²) in [5.41, 5.74) is 0.540. The first kappa shape index (κ1) is 23.8. The van der Waals surface area contributed by atoms with Crippen molar-refractivity contribution in [3.05, 3.63) is 24.7 Å². The molecule has 0 aromatic carbocycles. The van der Waals surface area contributed by atoms with E-state index >= 15 is 0 Å². The molecule has 2 aliphatic rings. The number of amides is 1. The van der Waals surface area contributed by atoms with Gasteiger partial charge in [-0.25, -0.2) is 24.2 Å². The van der Waals surface area contributed by atoms with Gasteiger partial charge in [0.1, 0.15) is 12.4 Å². The number of anilines is 1. The summed E-state index contributed by atoms with van der Waals surface area (Å²) in [6, 6.07) is 0. The lowest BCUT2D eigenvalue weighted by atomic mass is 10.2. The molecule has 0 radical (unpaired) electrons. The van der Waals surface area contributed by atoms with Gasteiger partial charge in [-0.3, -0.25) is 4.79 Å². The monoisotopic (exact) mass is 470 g/mol. The lowest BCUT2D eigenvalue weighted by Gasteiger charge is -2.19. The summed E-state index contributed by atoms with van der Waals surface area (Å²) in [5, 5.41) is 5.58. The van der Waals surface area contributed by atoms with Crippen LogP contribution in [0.25, 0.3) is 11.0 Å². The molecular formula is C23H30N6O5. The van der Waals surface area contributed by atoms with Gasteiger partial charge >= 0.3 is 11.9 Å². The Hall–Kier alpha value is -3.34. The molecule has 2 aromatic heterocycles. The Morgan fingerprint density at radius 2 is 1.74 bits per heavy atom. The number of nitrogens with zero attached hydrogens (tertiary/aromatic N) is 6. The molecule has 1 aliphatic heterocycles. The largest absolute Gasteiger partial charge is 0.459 e. The molecule has 0 spiro atoms. The van der Waals surface area contributed by atoms with Gasteiger partial charge in [-0.1, -0.05) is 12.8 Å². The van der Waals surface area contributed by atoms with Gasteiger partial charge in [0, 0.05) is 18.7 Å². The normalized spacial score (nSPS) is 17.6. The minimum absolute atomic E-state index is 0.0938. The first-order valence-corrected chi connectivity index (χ1v) is 11.9. The Morgan fingerprint density at radius 3 is 2.47 bits per heavy atom. The highest BCUT2D eigenvalue weighted by molar-refractivity contribution is 5.95. The Kier molecular flexibility index (Phi) is 8.18. The second-order valence-corrected chi connectivity index (χ2v) is 8.58. The quantitative estimate of drug-likeness (QED) is 0.235. The first-order chi connectivity index (χ1) is 16.6. The van der Waals surface area contributed by atoms with E-state index in [0.29, 0.717) is 29.1 Å². The highest BCUT2D eigenvalue weighted by Gasteiger charge is 2.20. The summed E-state index contributed by atoms with van der Waals surface area (Å²) in [5.74, 6) is -1.43. The smallest absolute Gasteiger partial charge is 0.356 e. The number of carbonyl (C=O) groups excluding carboxylic acids is 3. The number of carbonyl (C=O) groups is 3. The van der Waals surface area contributed by atoms with Crippen molar-refractivity contribution >= 4 is 35.2 Å². The average molecular weight is 471 g/mol. The lowest BCUT2D eigenvalue weighted by Crippen LogP contribution is -2.28. The predicted molar refractivity (Wildman–Crippen MR) is 122 cm³/mol. The van der Waals surface area contributed by atoms with Crippen LogP contribution >= 0.6 is 0 Å². The van der Waals surface area contributed by atoms with Gasteiger partial charge in [-0.2, -0.15) is 5.10 Å². The number of aromatic nitrogens is 4. The Labute approximate surface area is 197 Å². The molecule has 11 heteroatoms. The van der Waals surface area contributed by atoms with Gasteiger partial charge in [0.15, 0.2) is 11.5 Å². The molecule has 0 N–H and O–H groups in total. The van der Waals surface area contributed by atoms with Crippen LogP contribution < -0.4 is 5.06 Å². The number of rotatable bonds is 9. The van der Waals surface area contributed by atoms with E-state index in [1.165, 1.54) is 32.0 Å². The molecule has 4 rings (SSSR count). The van der Waals surface area contributed by atoms with E-state index in [9.17, 15) is 14.4 Å². The Morgan fingerprint density at radius 1 is 1.00 bits per heavy atom. The summed E-state index contributed by atoms with van der Waals surface area (Å²) < 4.78 is 7.02. The van der Waals surface area contributed by atoms with Gasteiger partial charge in [0.25, 0.3) is 0 Å². The topological polar surface area (TPSA) is 120 Å². The molecule has 11 nitrogen and oxygen atoms in total. The standard InChI is InChI=1S/C23H30N6O5/c30-17-29(34-21(32)10-9-20(31)33-18-7-3-4-8-18)23-19-15-26-28(22(19)24-16-25-23)14-13-27-11-5-1-2-6-12-27/h9-10,15-18H,1-8,11-14H2/b10-9-. The summed E-state index contributed by atoms with van der Waals surface area (Å²) in [6.45, 7) is 3.66. The zero-order chi connectivity index (χ0) is 23.8. The maximum absolute atomic E-state index is 12.2. The van der Waals surface area contributed by atoms with Crippen molar-refractivity contribution in [2.24, 2.45) is 0 Å². The molecular weight excluding hydrogens is 440 g/mol. The van der Waals surface area contributed by atoms with Crippen molar-refractivity contribution in [3.63, 3.8) is 0 Å². The van der Waals surface area contributed by atoms with Gasteiger partial charge < -0.3 is 14.5 Å². The Balaban J connectivity index is 1.38. The van der Waals surface area contributed by atoms with Crippen molar-refractivity contribution in [1.29, 1.82) is 0 Å². The summed E-state index contributed by atoms with van der Waals surface area (Å²) >= 11 is 0. The minimum atomic E-state index is -0.907. The molecule has 2 aromatic rings. The van der Waals surface area contributed by atoms with Crippen molar-refractivity contribution in [2.75, 3.05) is 24.7 Å². The van der Waals surface area contributed by atoms with Crippen LogP contribution in [0, 0.1) is 0 Å². The zero-order valence-electron chi connectivity index (χ0n) is 19.2. The third-order valence-electron chi connectivity index (χ3n) is 6.17. The number of hydroxylamine groups is 1. The van der Waals surface area contributed by atoms with E-state index in [2.05, 4.69) is 20.0 Å². The number of likely N-dealkylation sites (tertiary alicyclic amines) is 1. The fourth-order valence-corrected chi connectivity index (χ4v) is 4.40. The van der Waals surface area contributed by atoms with Crippen LogP contribution in [-0.4, -0.2) is 68.7 Å². The van der Waals surface area contributed by atoms with Gasteiger partial charge in [0.2, 0.25) is 6.41 Å². The van der Waals surface area contributed by atoms with E-state index in [4.69, 9.17) is 9.57 Å². The van der Waals surface area contributed by atoms with Crippen molar-refractivity contribution in [2.45, 2.75) is 64.0 Å². The third-order valence-corrected chi connectivity index (χ3v) is 6.17. The number of esters is 1. The van der Waals surface area contributed by atoms with E-state index in [1.54, 1.807) is 10.9 Å². The molecule has 182 valence electrons. The number of ether oxygens (including phenoxy) is 1. The highest BCUT2D eigenvalue weighted by atomic mass is 16.7. The molecule has 0 atom stereocenters. The number of fused-ring (bicyclic) bond motifs is 1. The van der Waals surface area contributed by atoms with Gasteiger partial charge in [-0.15, -0.1) is 5.06 Å². The summed E-state index contributed by atoms with van der Waals surface area (Å²) in [7, 11) is 0. The van der Waals surface area contributed by atoms with Crippen LogP contribution in [0.4, 0.5) is 5.82 Å². The van der Waals surface area contributed by atoms with E-state index in [-0.39, 0.29) is 11.9 Å². The second-order valence-electron chi connectivity index (χ2n) is 8.58. The first-order valence-electron chi connectivity index (χ1n) is 11.9. The minimum Gasteiger partial charge on any atom is -0.459 e. The molecule has 0 unspecified atom stereocenters. The van der Waals surface area contributed by atoms with Crippen LogP contribution in [-0.2, 0) is 30.5 Å². The van der Waals surface area contributed by atoms with Crippen LogP contribution in [0.5, 0.6) is 0 Å². The third kappa shape index (κ3) is 6.16. The molecule has 3 heterocycles. The molecule has 34 heavy (non-hydrogen) atoms. The van der Waals surface area contributed by atoms with E-state index < -0.39 is 11.9 Å².